The second-order valence-corrected chi connectivity index (χ2v) is 8.12. The minimum atomic E-state index is -0.403. The van der Waals surface area contributed by atoms with Crippen molar-refractivity contribution >= 4 is 23.2 Å². The monoisotopic (exact) mass is 400 g/mol. The molecular weight excluding hydrogens is 372 g/mol. The largest absolute Gasteiger partial charge is 0.461 e. The number of esters is 1. The molecule has 2 unspecified atom stereocenters. The van der Waals surface area contributed by atoms with Gasteiger partial charge in [-0.05, 0) is 31.2 Å². The Morgan fingerprint density at radius 1 is 1.21 bits per heavy atom. The van der Waals surface area contributed by atoms with Crippen molar-refractivity contribution in [2.75, 3.05) is 13.2 Å². The number of hydrogen-bond donors (Lipinski definition) is 0. The minimum Gasteiger partial charge on any atom is -0.461 e. The highest BCUT2D eigenvalue weighted by Gasteiger charge is 2.45. The smallest absolute Gasteiger partial charge is 0.357 e. The number of amides is 1. The third-order valence-electron chi connectivity index (χ3n) is 5.04. The lowest BCUT2D eigenvalue weighted by Crippen LogP contribution is -2.33. The number of carbonyl (C=O) groups is 2. The van der Waals surface area contributed by atoms with Crippen LogP contribution in [0.4, 0.5) is 0 Å². The molecule has 1 fully saturated rings. The van der Waals surface area contributed by atoms with E-state index in [-0.39, 0.29) is 11.8 Å². The van der Waals surface area contributed by atoms with E-state index in [9.17, 15) is 9.59 Å². The van der Waals surface area contributed by atoms with Crippen molar-refractivity contribution in [2.45, 2.75) is 52.0 Å². The first-order chi connectivity index (χ1) is 13.6. The summed E-state index contributed by atoms with van der Waals surface area (Å²) in [5.41, 5.74) is 1.57. The highest BCUT2D eigenvalue weighted by Crippen LogP contribution is 2.48. The van der Waals surface area contributed by atoms with Crippen LogP contribution in [0.15, 0.2) is 35.7 Å². The van der Waals surface area contributed by atoms with Crippen LogP contribution >= 0.6 is 11.3 Å². The third-order valence-corrected chi connectivity index (χ3v) is 5.87. The van der Waals surface area contributed by atoms with Gasteiger partial charge in [-0.1, -0.05) is 50.1 Å². The molecule has 0 aliphatic heterocycles. The standard InChI is InChI=1S/C22H28N2O3S/c1-3-5-9-12-24(14-20-23-19(15-28-20)22(26)27-4-2)21(25)18-13-17(18)16-10-7-6-8-11-16/h6-8,10-11,15,17-18H,3-5,9,12-14H2,1-2H3. The van der Waals surface area contributed by atoms with E-state index < -0.39 is 5.97 Å². The van der Waals surface area contributed by atoms with Gasteiger partial charge in [-0.2, -0.15) is 0 Å². The van der Waals surface area contributed by atoms with Gasteiger partial charge in [0.05, 0.1) is 13.2 Å². The molecule has 1 aromatic heterocycles. The molecule has 1 amide bonds. The first kappa shape index (κ1) is 20.5. The van der Waals surface area contributed by atoms with Gasteiger partial charge in [-0.25, -0.2) is 9.78 Å². The van der Waals surface area contributed by atoms with Gasteiger partial charge in [0.2, 0.25) is 5.91 Å². The van der Waals surface area contributed by atoms with E-state index in [4.69, 9.17) is 4.74 Å². The van der Waals surface area contributed by atoms with Crippen molar-refractivity contribution in [3.8, 4) is 0 Å². The van der Waals surface area contributed by atoms with Gasteiger partial charge in [0.1, 0.15) is 5.01 Å². The first-order valence-corrected chi connectivity index (χ1v) is 11.0. The molecule has 2 atom stereocenters. The maximum atomic E-state index is 13.1. The Balaban J connectivity index is 1.65. The number of thiazole rings is 1. The summed E-state index contributed by atoms with van der Waals surface area (Å²) in [6.07, 6.45) is 4.12. The van der Waals surface area contributed by atoms with Gasteiger partial charge in [0.15, 0.2) is 5.69 Å². The molecule has 0 N–H and O–H groups in total. The maximum Gasteiger partial charge on any atom is 0.357 e. The fourth-order valence-corrected chi connectivity index (χ4v) is 4.21. The van der Waals surface area contributed by atoms with Crippen molar-refractivity contribution < 1.29 is 14.3 Å². The third kappa shape index (κ3) is 5.19. The predicted octanol–water partition coefficient (Wildman–Crippen LogP) is 4.64. The molecule has 1 aromatic carbocycles. The number of unbranched alkanes of at least 4 members (excludes halogenated alkanes) is 2. The molecule has 0 radical (unpaired) electrons. The Labute approximate surface area is 170 Å². The van der Waals surface area contributed by atoms with Crippen molar-refractivity contribution in [2.24, 2.45) is 5.92 Å². The van der Waals surface area contributed by atoms with Crippen LogP contribution in [0, 0.1) is 5.92 Å². The van der Waals surface area contributed by atoms with Crippen LogP contribution in [-0.2, 0) is 16.1 Å². The van der Waals surface area contributed by atoms with E-state index in [2.05, 4.69) is 24.0 Å². The van der Waals surface area contributed by atoms with Crippen LogP contribution in [0.2, 0.25) is 0 Å². The van der Waals surface area contributed by atoms with Crippen LogP contribution in [0.5, 0.6) is 0 Å². The Hall–Kier alpha value is -2.21. The zero-order valence-corrected chi connectivity index (χ0v) is 17.4. The molecule has 6 heteroatoms. The maximum absolute atomic E-state index is 13.1. The lowest BCUT2D eigenvalue weighted by Gasteiger charge is -2.22. The Kier molecular flexibility index (Phi) is 7.20. The van der Waals surface area contributed by atoms with Crippen LogP contribution in [0.3, 0.4) is 0 Å². The lowest BCUT2D eigenvalue weighted by molar-refractivity contribution is -0.133. The normalized spacial score (nSPS) is 17.9. The Morgan fingerprint density at radius 2 is 2.00 bits per heavy atom. The molecule has 5 nitrogen and oxygen atoms in total. The average molecular weight is 401 g/mol. The molecule has 1 aliphatic carbocycles. The molecule has 0 bridgehead atoms. The average Bonchev–Trinajstić information content (AvgIpc) is 3.38. The second kappa shape index (κ2) is 9.82. The summed E-state index contributed by atoms with van der Waals surface area (Å²) >= 11 is 1.41. The molecule has 3 rings (SSSR count). The number of nitrogens with zero attached hydrogens (tertiary/aromatic N) is 2. The second-order valence-electron chi connectivity index (χ2n) is 7.17. The number of hydrogen-bond acceptors (Lipinski definition) is 5. The summed E-state index contributed by atoms with van der Waals surface area (Å²) in [7, 11) is 0. The highest BCUT2D eigenvalue weighted by atomic mass is 32.1. The number of ether oxygens (including phenoxy) is 1. The number of rotatable bonds is 10. The van der Waals surface area contributed by atoms with Crippen molar-refractivity contribution in [1.82, 2.24) is 9.88 Å². The van der Waals surface area contributed by atoms with Gasteiger partial charge in [0.25, 0.3) is 0 Å². The van der Waals surface area contributed by atoms with E-state index >= 15 is 0 Å². The summed E-state index contributed by atoms with van der Waals surface area (Å²) in [6, 6.07) is 10.3. The topological polar surface area (TPSA) is 59.5 Å². The number of carbonyl (C=O) groups excluding carboxylic acids is 2. The SMILES string of the molecule is CCCCCN(Cc1nc(C(=O)OCC)cs1)C(=O)C1CC1c1ccccc1. The quantitative estimate of drug-likeness (QED) is 0.430. The van der Waals surface area contributed by atoms with Crippen LogP contribution in [-0.4, -0.2) is 34.9 Å². The van der Waals surface area contributed by atoms with Crippen molar-refractivity contribution in [3.05, 3.63) is 52.0 Å². The van der Waals surface area contributed by atoms with Crippen LogP contribution < -0.4 is 0 Å². The van der Waals surface area contributed by atoms with Crippen molar-refractivity contribution in [1.29, 1.82) is 0 Å². The molecule has 0 spiro atoms. The molecule has 1 heterocycles. The fourth-order valence-electron chi connectivity index (χ4n) is 3.44. The van der Waals surface area contributed by atoms with Gasteiger partial charge in [-0.3, -0.25) is 4.79 Å². The van der Waals surface area contributed by atoms with E-state index in [1.165, 1.54) is 16.9 Å². The molecule has 1 saturated carbocycles. The van der Waals surface area contributed by atoms with Crippen LogP contribution in [0.25, 0.3) is 0 Å². The van der Waals surface area contributed by atoms with Gasteiger partial charge < -0.3 is 9.64 Å². The summed E-state index contributed by atoms with van der Waals surface area (Å²) in [4.78, 5) is 31.3. The molecule has 2 aromatic rings. The summed E-state index contributed by atoms with van der Waals surface area (Å²) in [5.74, 6) is 0.195. The minimum absolute atomic E-state index is 0.0634. The zero-order valence-electron chi connectivity index (χ0n) is 16.6. The predicted molar refractivity (Wildman–Crippen MR) is 110 cm³/mol. The molecular formula is C22H28N2O3S. The van der Waals surface area contributed by atoms with E-state index in [0.29, 0.717) is 24.8 Å². The van der Waals surface area contributed by atoms with Gasteiger partial charge in [-0.15, -0.1) is 11.3 Å². The van der Waals surface area contributed by atoms with E-state index in [1.54, 1.807) is 12.3 Å². The molecule has 28 heavy (non-hydrogen) atoms. The van der Waals surface area contributed by atoms with Gasteiger partial charge >= 0.3 is 5.97 Å². The molecule has 1 aliphatic rings. The van der Waals surface area contributed by atoms with Crippen LogP contribution in [0.1, 0.15) is 66.5 Å². The summed E-state index contributed by atoms with van der Waals surface area (Å²) in [5, 5.41) is 2.50. The number of aromatic nitrogens is 1. The molecule has 150 valence electrons. The summed E-state index contributed by atoms with van der Waals surface area (Å²) < 4.78 is 5.01. The first-order valence-electron chi connectivity index (χ1n) is 10.1. The Bertz CT molecular complexity index is 790. The van der Waals surface area contributed by atoms with E-state index in [0.717, 1.165) is 37.2 Å². The highest BCUT2D eigenvalue weighted by molar-refractivity contribution is 7.09. The number of benzene rings is 1. The van der Waals surface area contributed by atoms with Gasteiger partial charge in [0, 0.05) is 17.8 Å². The Morgan fingerprint density at radius 3 is 2.71 bits per heavy atom. The van der Waals surface area contributed by atoms with E-state index in [1.807, 2.05) is 23.1 Å². The zero-order chi connectivity index (χ0) is 19.9. The van der Waals surface area contributed by atoms with Crippen molar-refractivity contribution in [3.63, 3.8) is 0 Å². The lowest BCUT2D eigenvalue weighted by atomic mass is 10.1. The summed E-state index contributed by atoms with van der Waals surface area (Å²) in [6.45, 7) is 5.46. The molecule has 0 saturated heterocycles. The fraction of sp³-hybridized carbons (Fsp3) is 0.500.